The molecule has 3 atom stereocenters. The Labute approximate surface area is 277 Å². The highest BCUT2D eigenvalue weighted by molar-refractivity contribution is 8.01. The number of imide groups is 1. The number of carboxylic acid groups (broad SMARTS) is 1. The van der Waals surface area contributed by atoms with E-state index in [1.165, 1.54) is 11.0 Å². The molecule has 7 amide bonds. The van der Waals surface area contributed by atoms with Crippen molar-refractivity contribution in [2.24, 2.45) is 0 Å². The van der Waals surface area contributed by atoms with E-state index in [1.807, 2.05) is 0 Å². The Hall–Kier alpha value is -5.58. The zero-order chi connectivity index (χ0) is 34.9. The number of nitrogen functional groups attached to an aromatic ring is 1. The van der Waals surface area contributed by atoms with Crippen LogP contribution in [0.1, 0.15) is 18.5 Å². The Morgan fingerprint density at radius 1 is 1.19 bits per heavy atom. The van der Waals surface area contributed by atoms with Gasteiger partial charge in [-0.15, -0.1) is 16.6 Å². The number of β-lactam (4-membered cyclic amide) rings is 1. The Kier molecular flexibility index (Phi) is 9.33. The number of nitrogens with zero attached hydrogens (tertiary/aromatic N) is 7. The molecule has 21 nitrogen and oxygen atoms in total. The highest BCUT2D eigenvalue weighted by Crippen LogP contribution is 2.46. The van der Waals surface area contributed by atoms with Crippen LogP contribution in [0.5, 0.6) is 11.5 Å². The van der Waals surface area contributed by atoms with Crippen molar-refractivity contribution in [2.45, 2.75) is 29.2 Å². The molecule has 1 aromatic heterocycles. The van der Waals surface area contributed by atoms with Gasteiger partial charge in [0.1, 0.15) is 17.1 Å². The summed E-state index contributed by atoms with van der Waals surface area (Å²) in [5, 5.41) is 46.6. The van der Waals surface area contributed by atoms with Crippen LogP contribution in [-0.4, -0.2) is 135 Å². The lowest BCUT2D eigenvalue weighted by Gasteiger charge is -2.56. The fourth-order valence-corrected chi connectivity index (χ4v) is 7.56. The highest BCUT2D eigenvalue weighted by atomic mass is 32.2. The summed E-state index contributed by atoms with van der Waals surface area (Å²) >= 11 is 2.03. The molecule has 8 N–H and O–H groups in total. The van der Waals surface area contributed by atoms with Gasteiger partial charge in [-0.05, 0) is 40.6 Å². The maximum Gasteiger partial charge on any atom is 0.352 e. The average Bonchev–Trinajstić information content (AvgIpc) is 3.48. The first-order chi connectivity index (χ1) is 22.8. The number of urea groups is 1. The molecule has 0 spiro atoms. The van der Waals surface area contributed by atoms with Crippen LogP contribution in [0, 0.1) is 0 Å². The molecule has 0 bridgehead atoms. The van der Waals surface area contributed by atoms with Crippen molar-refractivity contribution in [3.63, 3.8) is 0 Å². The normalized spacial score (nSPS) is 21.3. The summed E-state index contributed by atoms with van der Waals surface area (Å²) in [4.78, 5) is 93.7. The van der Waals surface area contributed by atoms with Crippen molar-refractivity contribution in [1.82, 2.24) is 51.0 Å². The van der Waals surface area contributed by atoms with Gasteiger partial charge < -0.3 is 42.0 Å². The standard InChI is InChI=1S/C25H27N11O10S2/c1-2-33-5-6-34(19(42)18(33)41)23(46)28-15(11-3-4-13(38)14(39)7-11)17(40)29-25(27-10-37)21(45)35-16(20(43)44)12(8-47-22(25)35)9-48-24-30-31-32-36(24)26/h3-4,7,10,15,22,38-39H,2,5-6,8-9,26H2,1H3,(H,27,37)(H,28,46)(H,29,40)(H,43,44)/t15?,22-,25-/m1/s1. The number of thioether (sulfide) groups is 2. The first-order valence-electron chi connectivity index (χ1n) is 13.9. The molecule has 1 unspecified atom stereocenters. The molecule has 2 saturated heterocycles. The van der Waals surface area contributed by atoms with Crippen molar-refractivity contribution in [3.8, 4) is 11.5 Å². The lowest BCUT2D eigenvalue weighted by molar-refractivity contribution is -0.163. The van der Waals surface area contributed by atoms with Gasteiger partial charge in [0, 0.05) is 31.1 Å². The molecule has 0 radical (unpaired) electrons. The minimum Gasteiger partial charge on any atom is -0.504 e. The number of aliphatic carboxylic acids is 1. The SMILES string of the molecule is CCN1CCN(C(=O)NC(C(=O)N[C@]2(NC=O)C(=O)N3C(C(=O)O)=C(CSc4nnnn4N)CS[C@@H]32)c2ccc(O)c(O)c2)C(=O)C1=O. The third kappa shape index (κ3) is 5.87. The van der Waals surface area contributed by atoms with Gasteiger partial charge in [0.2, 0.25) is 23.1 Å². The molecule has 2 fully saturated rings. The van der Waals surface area contributed by atoms with Gasteiger partial charge in [-0.3, -0.25) is 33.8 Å². The van der Waals surface area contributed by atoms with E-state index in [-0.39, 0.29) is 48.3 Å². The number of aromatic hydroxyl groups is 2. The molecule has 3 aliphatic heterocycles. The van der Waals surface area contributed by atoms with Crippen LogP contribution in [-0.2, 0) is 28.8 Å². The number of carbonyl (C=O) groups excluding carboxylic acids is 6. The zero-order valence-electron chi connectivity index (χ0n) is 24.7. The first-order valence-corrected chi connectivity index (χ1v) is 15.9. The third-order valence-corrected chi connectivity index (χ3v) is 10.0. The zero-order valence-corrected chi connectivity index (χ0v) is 26.4. The van der Waals surface area contributed by atoms with Gasteiger partial charge >= 0.3 is 23.8 Å². The summed E-state index contributed by atoms with van der Waals surface area (Å²) in [6.45, 7) is 1.70. The summed E-state index contributed by atoms with van der Waals surface area (Å²) < 4.78 is 0. The molecule has 23 heteroatoms. The molecule has 5 rings (SSSR count). The number of carboxylic acids is 1. The van der Waals surface area contributed by atoms with Gasteiger partial charge in [0.05, 0.1) is 0 Å². The number of benzene rings is 1. The Bertz CT molecular complexity index is 1750. The van der Waals surface area contributed by atoms with E-state index < -0.39 is 69.9 Å². The molecule has 4 heterocycles. The third-order valence-electron chi connectivity index (χ3n) is 7.60. The largest absolute Gasteiger partial charge is 0.504 e. The van der Waals surface area contributed by atoms with Gasteiger partial charge in [0.15, 0.2) is 11.5 Å². The Morgan fingerprint density at radius 2 is 1.94 bits per heavy atom. The number of piperazine rings is 1. The maximum atomic E-state index is 13.9. The number of fused-ring (bicyclic) bond motifs is 1. The Balaban J connectivity index is 1.42. The molecular weight excluding hydrogens is 678 g/mol. The van der Waals surface area contributed by atoms with Crippen LogP contribution in [0.15, 0.2) is 34.6 Å². The molecular formula is C25H27N11O10S2. The maximum absolute atomic E-state index is 13.9. The van der Waals surface area contributed by atoms with Crippen LogP contribution in [0.4, 0.5) is 4.79 Å². The first kappa shape index (κ1) is 33.8. The second-order valence-corrected chi connectivity index (χ2v) is 12.3. The predicted octanol–water partition coefficient (Wildman–Crippen LogP) is -3.16. The van der Waals surface area contributed by atoms with Crippen LogP contribution in [0.25, 0.3) is 0 Å². The van der Waals surface area contributed by atoms with E-state index in [4.69, 9.17) is 5.84 Å². The second-order valence-electron chi connectivity index (χ2n) is 10.3. The second kappa shape index (κ2) is 13.3. The monoisotopic (exact) mass is 705 g/mol. The van der Waals surface area contributed by atoms with Crippen LogP contribution in [0.2, 0.25) is 0 Å². The number of amides is 7. The predicted molar refractivity (Wildman–Crippen MR) is 162 cm³/mol. The highest BCUT2D eigenvalue weighted by Gasteiger charge is 2.66. The summed E-state index contributed by atoms with van der Waals surface area (Å²) in [5.74, 6) is -1.30. The Morgan fingerprint density at radius 3 is 2.56 bits per heavy atom. The van der Waals surface area contributed by atoms with Crippen molar-refractivity contribution in [3.05, 3.63) is 35.0 Å². The lowest BCUT2D eigenvalue weighted by atomic mass is 9.94. The van der Waals surface area contributed by atoms with E-state index in [1.54, 1.807) is 6.92 Å². The molecule has 254 valence electrons. The number of hydrogen-bond acceptors (Lipinski definition) is 15. The van der Waals surface area contributed by atoms with Crippen molar-refractivity contribution >= 4 is 65.6 Å². The molecule has 0 saturated carbocycles. The summed E-state index contributed by atoms with van der Waals surface area (Å²) in [6.07, 6.45) is 0.129. The van der Waals surface area contributed by atoms with Crippen molar-refractivity contribution in [1.29, 1.82) is 0 Å². The number of aromatic nitrogens is 4. The smallest absolute Gasteiger partial charge is 0.352 e. The number of hydrogen-bond donors (Lipinski definition) is 7. The quantitative estimate of drug-likeness (QED) is 0.0231. The van der Waals surface area contributed by atoms with E-state index in [2.05, 4.69) is 31.5 Å². The molecule has 1 aromatic carbocycles. The van der Waals surface area contributed by atoms with Crippen LogP contribution >= 0.6 is 23.5 Å². The number of carbonyl (C=O) groups is 7. The fraction of sp³-hybridized carbons (Fsp3) is 0.360. The lowest BCUT2D eigenvalue weighted by Crippen LogP contribution is -2.85. The number of phenols is 2. The van der Waals surface area contributed by atoms with E-state index in [9.17, 15) is 48.9 Å². The number of nitrogens with one attached hydrogen (secondary N) is 3. The molecule has 48 heavy (non-hydrogen) atoms. The van der Waals surface area contributed by atoms with E-state index in [0.29, 0.717) is 10.5 Å². The number of phenolic OH excluding ortho intramolecular Hbond substituents is 2. The summed E-state index contributed by atoms with van der Waals surface area (Å²) in [7, 11) is 0. The number of tetrazole rings is 1. The number of nitrogens with two attached hydrogens (primary N) is 1. The molecule has 2 aromatic rings. The van der Waals surface area contributed by atoms with Crippen LogP contribution in [0.3, 0.4) is 0 Å². The summed E-state index contributed by atoms with van der Waals surface area (Å²) in [6, 6.07) is 0.188. The molecule has 0 aliphatic carbocycles. The minimum atomic E-state index is -2.20. The van der Waals surface area contributed by atoms with Gasteiger partial charge in [0.25, 0.3) is 5.91 Å². The summed E-state index contributed by atoms with van der Waals surface area (Å²) in [5.41, 5.74) is -2.43. The van der Waals surface area contributed by atoms with Crippen molar-refractivity contribution < 1.29 is 48.9 Å². The van der Waals surface area contributed by atoms with Crippen LogP contribution < -0.4 is 21.8 Å². The van der Waals surface area contributed by atoms with Gasteiger partial charge in [-0.25, -0.2) is 9.59 Å². The number of rotatable bonds is 11. The average molecular weight is 706 g/mol. The number of likely N-dealkylation sites (N-methyl/N-ethyl adjacent to an activating group) is 1. The molecule has 3 aliphatic rings. The van der Waals surface area contributed by atoms with E-state index in [0.717, 1.165) is 45.3 Å². The van der Waals surface area contributed by atoms with Gasteiger partial charge in [-0.1, -0.05) is 22.9 Å². The topological polar surface area (TPSA) is 296 Å². The fourth-order valence-electron chi connectivity index (χ4n) is 5.20. The van der Waals surface area contributed by atoms with Gasteiger partial charge in [-0.2, -0.15) is 0 Å². The van der Waals surface area contributed by atoms with E-state index >= 15 is 0 Å². The minimum absolute atomic E-state index is 0.0232. The van der Waals surface area contributed by atoms with Crippen molar-refractivity contribution in [2.75, 3.05) is 37.0 Å².